The van der Waals surface area contributed by atoms with Crippen molar-refractivity contribution < 1.29 is 36.9 Å². The quantitative estimate of drug-likeness (QED) is 0.154. The number of hydrogen-bond donors (Lipinski definition) is 2. The molecule has 0 aliphatic carbocycles. The van der Waals surface area contributed by atoms with Gasteiger partial charge in [-0.25, -0.2) is 19.3 Å². The van der Waals surface area contributed by atoms with E-state index in [4.69, 9.17) is 68.9 Å². The standard InChI is InChI=1S/2C9H6N2.C9H8O4.C7H6Cl2.CN.CH4.Cu/c2*1-7-5-9(11-2)4-3-8(7)6-10;1-5-4-6(8(10)11)2-3-7(5)9(12)13;1-5-4-6(8)2-3-7(5)9;1-2;;/h2*3-5H,1H3;2-4H,1H3,(H,10,11)(H,12,13);2-4H,1H3;;1H4;/q;;;;-1;;+1. The summed E-state index contributed by atoms with van der Waals surface area (Å²) in [5.74, 6) is -2.10. The van der Waals surface area contributed by atoms with Gasteiger partial charge >= 0.3 is 29.0 Å². The van der Waals surface area contributed by atoms with Crippen LogP contribution in [0.1, 0.15) is 61.5 Å². The minimum atomic E-state index is -1.06. The molecular weight excluding hydrogens is 701 g/mol. The topological polar surface area (TPSA) is 155 Å². The van der Waals surface area contributed by atoms with Gasteiger partial charge in [-0.2, -0.15) is 10.5 Å². The van der Waals surface area contributed by atoms with Crippen LogP contribution in [0.4, 0.5) is 11.4 Å². The van der Waals surface area contributed by atoms with Crippen molar-refractivity contribution in [1.82, 2.24) is 0 Å². The first-order valence-corrected chi connectivity index (χ1v) is 13.5. The number of nitriles is 2. The molecule has 9 nitrogen and oxygen atoms in total. The van der Waals surface area contributed by atoms with Gasteiger partial charge in [0, 0.05) is 10.0 Å². The molecule has 0 spiro atoms. The number of carbonyl (C=O) groups is 2. The maximum atomic E-state index is 10.6. The zero-order valence-corrected chi connectivity index (χ0v) is 27.9. The Hall–Kier alpha value is -5.63. The van der Waals surface area contributed by atoms with Crippen LogP contribution in [-0.4, -0.2) is 22.2 Å². The molecule has 4 aromatic rings. The van der Waals surface area contributed by atoms with E-state index in [-0.39, 0.29) is 35.6 Å². The third kappa shape index (κ3) is 16.1. The molecule has 12 heteroatoms. The normalized spacial score (nSPS) is 8.25. The number of carboxylic acid groups (broad SMARTS) is 2. The zero-order valence-electron chi connectivity index (χ0n) is 25.4. The van der Waals surface area contributed by atoms with Crippen LogP contribution in [0.3, 0.4) is 0 Å². The van der Waals surface area contributed by atoms with E-state index < -0.39 is 11.9 Å². The first-order valence-electron chi connectivity index (χ1n) is 12.8. The summed E-state index contributed by atoms with van der Waals surface area (Å²) in [6.07, 6.45) is 0. The Morgan fingerprint density at radius 3 is 1.42 bits per heavy atom. The molecule has 0 amide bonds. The smallest absolute Gasteiger partial charge is 0.512 e. The second-order valence-corrected chi connectivity index (χ2v) is 9.82. The molecule has 0 aliphatic rings. The summed E-state index contributed by atoms with van der Waals surface area (Å²) in [6.45, 7) is 25.3. The van der Waals surface area contributed by atoms with Gasteiger partial charge in [0.05, 0.1) is 47.5 Å². The average molecular weight is 731 g/mol. The third-order valence-electron chi connectivity index (χ3n) is 5.74. The van der Waals surface area contributed by atoms with Crippen molar-refractivity contribution >= 4 is 46.5 Å². The van der Waals surface area contributed by atoms with Crippen LogP contribution in [-0.2, 0) is 17.1 Å². The van der Waals surface area contributed by atoms with Crippen molar-refractivity contribution in [3.8, 4) is 12.1 Å². The summed E-state index contributed by atoms with van der Waals surface area (Å²) in [4.78, 5) is 27.5. The fourth-order valence-corrected chi connectivity index (χ4v) is 3.67. The second-order valence-electron chi connectivity index (χ2n) is 8.98. The number of carboxylic acids is 2. The molecular formula is C36H30Cl2CuN5O4. The predicted octanol–water partition coefficient (Wildman–Crippen LogP) is 10.3. The summed E-state index contributed by atoms with van der Waals surface area (Å²) in [7, 11) is 0. The number of halogens is 2. The summed E-state index contributed by atoms with van der Waals surface area (Å²) in [5.41, 5.74) is 5.86. The molecule has 0 saturated heterocycles. The van der Waals surface area contributed by atoms with Gasteiger partial charge in [0.2, 0.25) is 0 Å². The maximum absolute atomic E-state index is 10.6. The Bertz CT molecular complexity index is 1830. The van der Waals surface area contributed by atoms with Crippen molar-refractivity contribution in [1.29, 1.82) is 15.8 Å². The van der Waals surface area contributed by atoms with Crippen LogP contribution in [0, 0.1) is 75.3 Å². The molecule has 4 aromatic carbocycles. The number of hydrogen-bond acceptors (Lipinski definition) is 5. The Kier molecular flexibility index (Phi) is 24.0. The summed E-state index contributed by atoms with van der Waals surface area (Å²) >= 11 is 11.4. The van der Waals surface area contributed by atoms with Crippen molar-refractivity contribution in [2.24, 2.45) is 0 Å². The van der Waals surface area contributed by atoms with Crippen molar-refractivity contribution in [3.63, 3.8) is 0 Å². The van der Waals surface area contributed by atoms with Gasteiger partial charge in [0.25, 0.3) is 0 Å². The molecule has 0 aliphatic heterocycles. The van der Waals surface area contributed by atoms with Crippen molar-refractivity contribution in [2.45, 2.75) is 35.1 Å². The van der Waals surface area contributed by atoms with Crippen LogP contribution in [0.2, 0.25) is 10.0 Å². The molecule has 0 fully saturated rings. The number of rotatable bonds is 2. The van der Waals surface area contributed by atoms with E-state index >= 15 is 0 Å². The fourth-order valence-electron chi connectivity index (χ4n) is 3.33. The summed E-state index contributed by atoms with van der Waals surface area (Å²) in [6, 6.07) is 23.5. The number of aryl methyl sites for hydroxylation is 4. The van der Waals surface area contributed by atoms with Crippen LogP contribution >= 0.6 is 23.2 Å². The van der Waals surface area contributed by atoms with Gasteiger partial charge in [0.1, 0.15) is 0 Å². The zero-order chi connectivity index (χ0) is 35.4. The molecule has 4 rings (SSSR count). The monoisotopic (exact) mass is 729 g/mol. The summed E-state index contributed by atoms with van der Waals surface area (Å²) < 4.78 is 0. The minimum Gasteiger partial charge on any atom is -0.512 e. The van der Waals surface area contributed by atoms with E-state index in [9.17, 15) is 9.59 Å². The van der Waals surface area contributed by atoms with Crippen molar-refractivity contribution in [3.05, 3.63) is 157 Å². The van der Waals surface area contributed by atoms with E-state index in [0.717, 1.165) is 26.7 Å². The van der Waals surface area contributed by atoms with Crippen LogP contribution in [0.5, 0.6) is 0 Å². The second kappa shape index (κ2) is 24.6. The minimum absolute atomic E-state index is 0. The average Bonchev–Trinajstić information content (AvgIpc) is 3.04. The van der Waals surface area contributed by atoms with Gasteiger partial charge in [-0.15, -0.1) is 0 Å². The molecule has 0 atom stereocenters. The van der Waals surface area contributed by atoms with Crippen LogP contribution in [0.15, 0.2) is 72.8 Å². The van der Waals surface area contributed by atoms with E-state index in [1.807, 2.05) is 39.0 Å². The molecule has 0 aromatic heterocycles. The molecule has 2 N–H and O–H groups in total. The Morgan fingerprint density at radius 1 is 0.667 bits per heavy atom. The summed E-state index contributed by atoms with van der Waals surface area (Å²) in [5, 5.41) is 42.1. The Balaban J connectivity index is -0.000000548. The molecule has 48 heavy (non-hydrogen) atoms. The number of aromatic carboxylic acids is 2. The predicted molar refractivity (Wildman–Crippen MR) is 182 cm³/mol. The van der Waals surface area contributed by atoms with Crippen molar-refractivity contribution in [2.75, 3.05) is 0 Å². The maximum Gasteiger partial charge on any atom is 1.00 e. The molecule has 0 heterocycles. The number of nitrogens with zero attached hydrogens (tertiary/aromatic N) is 5. The molecule has 0 unspecified atom stereocenters. The van der Waals surface area contributed by atoms with Gasteiger partial charge in [-0.1, -0.05) is 67.0 Å². The third-order valence-corrected chi connectivity index (χ3v) is 6.40. The molecule has 248 valence electrons. The number of benzene rings is 4. The van der Waals surface area contributed by atoms with Gasteiger partial charge in [-0.3, -0.25) is 0 Å². The van der Waals surface area contributed by atoms with Gasteiger partial charge < -0.3 is 22.0 Å². The fraction of sp³-hybridized carbons (Fsp3) is 0.139. The first kappa shape index (κ1) is 46.8. The van der Waals surface area contributed by atoms with Crippen LogP contribution < -0.4 is 0 Å². The van der Waals surface area contributed by atoms with E-state index in [1.165, 1.54) is 18.2 Å². The SMILES string of the molecule is C.Cc1cc(C(=O)O)ccc1C(=O)O.Cc1cc(Cl)ccc1Cl.[C-]#N.[C-]#[N+]c1ccc(C#N)c(C)c1.[C-]#[N+]c1ccc(C#N)c(C)c1.[Cu+]. The first-order chi connectivity index (χ1) is 21.8. The van der Waals surface area contributed by atoms with E-state index in [2.05, 4.69) is 9.69 Å². The van der Waals surface area contributed by atoms with E-state index in [0.29, 0.717) is 28.1 Å². The van der Waals surface area contributed by atoms with Crippen LogP contribution in [0.25, 0.3) is 9.69 Å². The Morgan fingerprint density at radius 2 is 1.12 bits per heavy atom. The molecule has 0 bridgehead atoms. The largest absolute Gasteiger partial charge is 1.00 e. The molecule has 0 radical (unpaired) electrons. The van der Waals surface area contributed by atoms with Gasteiger partial charge in [-0.05, 0) is 86.3 Å². The Labute approximate surface area is 302 Å². The molecule has 0 saturated carbocycles. The van der Waals surface area contributed by atoms with Gasteiger partial charge in [0.15, 0.2) is 11.4 Å². The van der Waals surface area contributed by atoms with E-state index in [1.54, 1.807) is 55.5 Å².